The first-order chi connectivity index (χ1) is 13.3. The summed E-state index contributed by atoms with van der Waals surface area (Å²) in [5, 5.41) is 11.7. The Kier molecular flexibility index (Phi) is 6.34. The average molecular weight is 382 g/mol. The second-order valence-electron chi connectivity index (χ2n) is 5.73. The summed E-state index contributed by atoms with van der Waals surface area (Å²) < 4.78 is 15.5. The van der Waals surface area contributed by atoms with Crippen molar-refractivity contribution in [1.29, 1.82) is 5.26 Å². The molecule has 0 unspecified atom stereocenters. The van der Waals surface area contributed by atoms with Gasteiger partial charge in [0.1, 0.15) is 17.4 Å². The molecule has 0 radical (unpaired) electrons. The number of rotatable bonds is 6. The Labute approximate surface area is 161 Å². The number of hydrogen-bond donors (Lipinski definition) is 1. The molecule has 0 fully saturated rings. The summed E-state index contributed by atoms with van der Waals surface area (Å²) >= 11 is 0. The molecular formula is C20H18N2O6. The van der Waals surface area contributed by atoms with Crippen molar-refractivity contribution in [3.8, 4) is 17.6 Å². The summed E-state index contributed by atoms with van der Waals surface area (Å²) in [6.07, 6.45) is 2.73. The number of benzene rings is 1. The van der Waals surface area contributed by atoms with Crippen LogP contribution in [0.2, 0.25) is 0 Å². The molecule has 1 aromatic heterocycles. The summed E-state index contributed by atoms with van der Waals surface area (Å²) in [4.78, 5) is 34.9. The SMILES string of the molecule is COc1cc(/C=C/C(=O)Nc2oc(C)c(C(C)=O)c2C#N)ccc1OC(C)=O. The number of amides is 1. The van der Waals surface area contributed by atoms with Crippen LogP contribution in [0, 0.1) is 18.3 Å². The van der Waals surface area contributed by atoms with E-state index >= 15 is 0 Å². The van der Waals surface area contributed by atoms with Crippen LogP contribution in [0.15, 0.2) is 28.7 Å². The fourth-order valence-corrected chi connectivity index (χ4v) is 2.52. The van der Waals surface area contributed by atoms with Gasteiger partial charge < -0.3 is 13.9 Å². The van der Waals surface area contributed by atoms with Crippen molar-refractivity contribution in [2.24, 2.45) is 0 Å². The average Bonchev–Trinajstić information content (AvgIpc) is 2.95. The maximum absolute atomic E-state index is 12.2. The summed E-state index contributed by atoms with van der Waals surface area (Å²) in [7, 11) is 1.43. The molecule has 1 N–H and O–H groups in total. The van der Waals surface area contributed by atoms with Crippen LogP contribution in [0.4, 0.5) is 5.88 Å². The lowest BCUT2D eigenvalue weighted by molar-refractivity contribution is -0.132. The van der Waals surface area contributed by atoms with Gasteiger partial charge >= 0.3 is 5.97 Å². The van der Waals surface area contributed by atoms with Gasteiger partial charge in [0.05, 0.1) is 12.7 Å². The van der Waals surface area contributed by atoms with Crippen LogP contribution in [-0.4, -0.2) is 24.8 Å². The lowest BCUT2D eigenvalue weighted by atomic mass is 10.1. The fourth-order valence-electron chi connectivity index (χ4n) is 2.52. The molecule has 28 heavy (non-hydrogen) atoms. The smallest absolute Gasteiger partial charge is 0.308 e. The molecule has 8 nitrogen and oxygen atoms in total. The number of nitriles is 1. The van der Waals surface area contributed by atoms with Crippen molar-refractivity contribution in [2.45, 2.75) is 20.8 Å². The van der Waals surface area contributed by atoms with E-state index in [1.165, 1.54) is 33.1 Å². The van der Waals surface area contributed by atoms with E-state index in [2.05, 4.69) is 5.32 Å². The van der Waals surface area contributed by atoms with Gasteiger partial charge in [-0.2, -0.15) is 5.26 Å². The van der Waals surface area contributed by atoms with Gasteiger partial charge in [-0.25, -0.2) is 0 Å². The third-order valence-corrected chi connectivity index (χ3v) is 3.65. The highest BCUT2D eigenvalue weighted by molar-refractivity contribution is 6.04. The Morgan fingerprint density at radius 3 is 2.50 bits per heavy atom. The van der Waals surface area contributed by atoms with Crippen molar-refractivity contribution in [3.63, 3.8) is 0 Å². The van der Waals surface area contributed by atoms with Crippen molar-refractivity contribution in [3.05, 3.63) is 46.7 Å². The Balaban J connectivity index is 2.19. The molecule has 8 heteroatoms. The number of ether oxygens (including phenoxy) is 2. The second-order valence-corrected chi connectivity index (χ2v) is 5.73. The number of nitrogens with one attached hydrogen (secondary N) is 1. The fraction of sp³-hybridized carbons (Fsp3) is 0.200. The zero-order chi connectivity index (χ0) is 20.8. The largest absolute Gasteiger partial charge is 0.493 e. The van der Waals surface area contributed by atoms with Gasteiger partial charge in [0, 0.05) is 13.0 Å². The topological polar surface area (TPSA) is 119 Å². The quantitative estimate of drug-likeness (QED) is 0.352. The van der Waals surface area contributed by atoms with Gasteiger partial charge in [-0.05, 0) is 37.6 Å². The molecule has 144 valence electrons. The minimum absolute atomic E-state index is 0.0147. The number of esters is 1. The van der Waals surface area contributed by atoms with E-state index in [1.54, 1.807) is 25.1 Å². The van der Waals surface area contributed by atoms with Crippen LogP contribution in [0.25, 0.3) is 6.08 Å². The van der Waals surface area contributed by atoms with Crippen LogP contribution < -0.4 is 14.8 Å². The Morgan fingerprint density at radius 1 is 1.21 bits per heavy atom. The van der Waals surface area contributed by atoms with E-state index in [-0.39, 0.29) is 34.3 Å². The molecular weight excluding hydrogens is 364 g/mol. The number of carbonyl (C=O) groups is 3. The molecule has 1 amide bonds. The highest BCUT2D eigenvalue weighted by Gasteiger charge is 2.21. The Bertz CT molecular complexity index is 1010. The van der Waals surface area contributed by atoms with Crippen LogP contribution in [0.1, 0.15) is 41.1 Å². The number of hydrogen-bond acceptors (Lipinski definition) is 7. The Hall–Kier alpha value is -3.86. The summed E-state index contributed by atoms with van der Waals surface area (Å²) in [5.41, 5.74) is 0.746. The minimum Gasteiger partial charge on any atom is -0.493 e. The van der Waals surface area contributed by atoms with Crippen LogP contribution in [0.5, 0.6) is 11.5 Å². The van der Waals surface area contributed by atoms with Crippen LogP contribution >= 0.6 is 0 Å². The monoisotopic (exact) mass is 382 g/mol. The van der Waals surface area contributed by atoms with E-state index in [9.17, 15) is 19.6 Å². The number of carbonyl (C=O) groups excluding carboxylic acids is 3. The standard InChI is InChI=1S/C20H18N2O6/c1-11(23)19-12(2)27-20(15(19)10-21)22-18(25)8-6-14-5-7-16(28-13(3)24)17(9-14)26-4/h5-9H,1-4H3,(H,22,25)/b8-6+. The van der Waals surface area contributed by atoms with Gasteiger partial charge in [-0.3, -0.25) is 19.7 Å². The van der Waals surface area contributed by atoms with Crippen molar-refractivity contribution < 1.29 is 28.3 Å². The highest BCUT2D eigenvalue weighted by atomic mass is 16.6. The molecule has 0 aliphatic carbocycles. The lowest BCUT2D eigenvalue weighted by Crippen LogP contribution is -2.08. The predicted octanol–water partition coefficient (Wildman–Crippen LogP) is 3.25. The highest BCUT2D eigenvalue weighted by Crippen LogP contribution is 2.29. The molecule has 0 spiro atoms. The van der Waals surface area contributed by atoms with Crippen molar-refractivity contribution >= 4 is 29.6 Å². The molecule has 0 aliphatic rings. The molecule has 1 heterocycles. The first-order valence-electron chi connectivity index (χ1n) is 8.16. The second kappa shape index (κ2) is 8.68. The van der Waals surface area contributed by atoms with E-state index in [4.69, 9.17) is 13.9 Å². The van der Waals surface area contributed by atoms with E-state index in [0.717, 1.165) is 0 Å². The molecule has 0 atom stereocenters. The van der Waals surface area contributed by atoms with Gasteiger partial charge in [0.15, 0.2) is 17.3 Å². The number of Topliss-reactive ketones (excluding diaryl/α,β-unsaturated/α-hetero) is 1. The van der Waals surface area contributed by atoms with E-state index < -0.39 is 11.9 Å². The molecule has 2 aromatic rings. The number of ketones is 1. The zero-order valence-corrected chi connectivity index (χ0v) is 15.8. The number of furan rings is 1. The van der Waals surface area contributed by atoms with E-state index in [0.29, 0.717) is 11.3 Å². The first-order valence-corrected chi connectivity index (χ1v) is 8.16. The molecule has 1 aromatic carbocycles. The molecule has 0 saturated heterocycles. The molecule has 0 bridgehead atoms. The maximum Gasteiger partial charge on any atom is 0.308 e. The zero-order valence-electron chi connectivity index (χ0n) is 15.8. The molecule has 0 saturated carbocycles. The van der Waals surface area contributed by atoms with Gasteiger partial charge in [0.2, 0.25) is 5.88 Å². The number of nitrogens with zero attached hydrogens (tertiary/aromatic N) is 1. The number of aryl methyl sites for hydroxylation is 1. The summed E-state index contributed by atoms with van der Waals surface area (Å²) in [6, 6.07) is 6.64. The summed E-state index contributed by atoms with van der Waals surface area (Å²) in [5.74, 6) is -0.586. The third-order valence-electron chi connectivity index (χ3n) is 3.65. The third kappa shape index (κ3) is 4.65. The van der Waals surface area contributed by atoms with Crippen molar-refractivity contribution in [1.82, 2.24) is 0 Å². The normalized spacial score (nSPS) is 10.4. The van der Waals surface area contributed by atoms with E-state index in [1.807, 2.05) is 6.07 Å². The van der Waals surface area contributed by atoms with Gasteiger partial charge in [-0.1, -0.05) is 6.07 Å². The number of anilines is 1. The first kappa shape index (κ1) is 20.5. The molecule has 0 aliphatic heterocycles. The van der Waals surface area contributed by atoms with Crippen LogP contribution in [0.3, 0.4) is 0 Å². The predicted molar refractivity (Wildman–Crippen MR) is 100 cm³/mol. The minimum atomic E-state index is -0.552. The van der Waals surface area contributed by atoms with Gasteiger partial charge in [-0.15, -0.1) is 0 Å². The van der Waals surface area contributed by atoms with Crippen LogP contribution in [-0.2, 0) is 9.59 Å². The maximum atomic E-state index is 12.2. The molecule has 2 rings (SSSR count). The van der Waals surface area contributed by atoms with Gasteiger partial charge in [0.25, 0.3) is 5.91 Å². The Morgan fingerprint density at radius 2 is 1.93 bits per heavy atom. The lowest BCUT2D eigenvalue weighted by Gasteiger charge is -2.08. The summed E-state index contributed by atoms with van der Waals surface area (Å²) in [6.45, 7) is 4.14. The van der Waals surface area contributed by atoms with Crippen molar-refractivity contribution in [2.75, 3.05) is 12.4 Å². The number of methoxy groups -OCH3 is 1.